The number of amides is 1. The molecule has 1 amide bonds. The highest BCUT2D eigenvalue weighted by Gasteiger charge is 2.16. The standard InChI is InChI=1S/C15H20N2O4/c1-11(21-12(2)18)15(19)16-13-3-5-14(6-4-13)17-7-9-20-10-8-17/h3-6,11H,7-10H2,1-2H3,(H,16,19)/t11-/m0/s1. The molecule has 21 heavy (non-hydrogen) atoms. The van der Waals surface area contributed by atoms with E-state index in [2.05, 4.69) is 10.2 Å². The van der Waals surface area contributed by atoms with Crippen LogP contribution in [0.15, 0.2) is 24.3 Å². The Morgan fingerprint density at radius 2 is 1.86 bits per heavy atom. The third-order valence-electron chi connectivity index (χ3n) is 3.22. The van der Waals surface area contributed by atoms with Gasteiger partial charge in [-0.1, -0.05) is 0 Å². The van der Waals surface area contributed by atoms with E-state index in [0.717, 1.165) is 32.0 Å². The molecule has 0 spiro atoms. The topological polar surface area (TPSA) is 67.9 Å². The predicted octanol–water partition coefficient (Wildman–Crippen LogP) is 1.41. The number of ether oxygens (including phenoxy) is 2. The molecule has 114 valence electrons. The van der Waals surface area contributed by atoms with E-state index in [0.29, 0.717) is 5.69 Å². The minimum atomic E-state index is -0.804. The molecule has 0 radical (unpaired) electrons. The molecule has 6 nitrogen and oxygen atoms in total. The first-order valence-electron chi connectivity index (χ1n) is 6.97. The van der Waals surface area contributed by atoms with Crippen LogP contribution in [-0.2, 0) is 19.1 Å². The van der Waals surface area contributed by atoms with Gasteiger partial charge in [-0.2, -0.15) is 0 Å². The predicted molar refractivity (Wildman–Crippen MR) is 79.3 cm³/mol. The van der Waals surface area contributed by atoms with Crippen molar-refractivity contribution in [3.05, 3.63) is 24.3 Å². The van der Waals surface area contributed by atoms with E-state index >= 15 is 0 Å². The summed E-state index contributed by atoms with van der Waals surface area (Å²) in [6, 6.07) is 7.58. The summed E-state index contributed by atoms with van der Waals surface area (Å²) in [7, 11) is 0. The van der Waals surface area contributed by atoms with Crippen LogP contribution in [0.2, 0.25) is 0 Å². The number of esters is 1. The molecule has 0 bridgehead atoms. The van der Waals surface area contributed by atoms with Crippen molar-refractivity contribution in [2.45, 2.75) is 20.0 Å². The zero-order valence-electron chi connectivity index (χ0n) is 12.3. The van der Waals surface area contributed by atoms with E-state index in [4.69, 9.17) is 9.47 Å². The Kier molecular flexibility index (Phi) is 5.16. The fraction of sp³-hybridized carbons (Fsp3) is 0.467. The number of anilines is 2. The molecule has 2 rings (SSSR count). The summed E-state index contributed by atoms with van der Waals surface area (Å²) in [5, 5.41) is 2.72. The number of nitrogens with zero attached hydrogens (tertiary/aromatic N) is 1. The van der Waals surface area contributed by atoms with Crippen molar-refractivity contribution >= 4 is 23.3 Å². The smallest absolute Gasteiger partial charge is 0.303 e. The van der Waals surface area contributed by atoms with Crippen LogP contribution in [0.1, 0.15) is 13.8 Å². The molecule has 1 fully saturated rings. The van der Waals surface area contributed by atoms with Gasteiger partial charge >= 0.3 is 5.97 Å². The molecule has 1 aromatic carbocycles. The summed E-state index contributed by atoms with van der Waals surface area (Å²) in [6.07, 6.45) is -0.804. The summed E-state index contributed by atoms with van der Waals surface area (Å²) in [5.74, 6) is -0.815. The summed E-state index contributed by atoms with van der Waals surface area (Å²) >= 11 is 0. The van der Waals surface area contributed by atoms with Crippen LogP contribution in [0.25, 0.3) is 0 Å². The zero-order chi connectivity index (χ0) is 15.2. The number of benzene rings is 1. The molecule has 1 heterocycles. The van der Waals surface area contributed by atoms with Crippen molar-refractivity contribution in [3.63, 3.8) is 0 Å². The summed E-state index contributed by atoms with van der Waals surface area (Å²) in [4.78, 5) is 24.9. The molecule has 1 atom stereocenters. The molecule has 6 heteroatoms. The Bertz CT molecular complexity index is 495. The van der Waals surface area contributed by atoms with Gasteiger partial charge in [0.05, 0.1) is 13.2 Å². The summed E-state index contributed by atoms with van der Waals surface area (Å²) < 4.78 is 10.1. The number of nitrogens with one attached hydrogen (secondary N) is 1. The number of carbonyl (C=O) groups is 2. The molecule has 1 N–H and O–H groups in total. The lowest BCUT2D eigenvalue weighted by atomic mass is 10.2. The highest BCUT2D eigenvalue weighted by Crippen LogP contribution is 2.19. The second-order valence-corrected chi connectivity index (χ2v) is 4.89. The average Bonchev–Trinajstić information content (AvgIpc) is 2.48. The summed E-state index contributed by atoms with van der Waals surface area (Å²) in [6.45, 7) is 6.03. The van der Waals surface area contributed by atoms with Gasteiger partial charge in [0.15, 0.2) is 6.10 Å². The molecule has 1 aromatic rings. The normalized spacial score (nSPS) is 16.2. The fourth-order valence-electron chi connectivity index (χ4n) is 2.12. The Morgan fingerprint density at radius 3 is 2.43 bits per heavy atom. The first-order valence-corrected chi connectivity index (χ1v) is 6.97. The number of hydrogen-bond acceptors (Lipinski definition) is 5. The molecule has 1 aliphatic rings. The highest BCUT2D eigenvalue weighted by atomic mass is 16.5. The number of carbonyl (C=O) groups excluding carboxylic acids is 2. The van der Waals surface area contributed by atoms with E-state index < -0.39 is 12.1 Å². The first-order chi connectivity index (χ1) is 10.1. The van der Waals surface area contributed by atoms with E-state index in [1.54, 1.807) is 6.92 Å². The third kappa shape index (κ3) is 4.46. The van der Waals surface area contributed by atoms with Gasteiger partial charge in [-0.15, -0.1) is 0 Å². The minimum absolute atomic E-state index is 0.343. The van der Waals surface area contributed by atoms with Crippen molar-refractivity contribution in [3.8, 4) is 0 Å². The van der Waals surface area contributed by atoms with Crippen molar-refractivity contribution in [2.75, 3.05) is 36.5 Å². The minimum Gasteiger partial charge on any atom is -0.453 e. The Labute approximate surface area is 124 Å². The molecular weight excluding hydrogens is 272 g/mol. The SMILES string of the molecule is CC(=O)O[C@@H](C)C(=O)Nc1ccc(N2CCOCC2)cc1. The van der Waals surface area contributed by atoms with E-state index in [1.807, 2.05) is 24.3 Å². The average molecular weight is 292 g/mol. The second-order valence-electron chi connectivity index (χ2n) is 4.89. The van der Waals surface area contributed by atoms with Crippen LogP contribution >= 0.6 is 0 Å². The van der Waals surface area contributed by atoms with Gasteiger partial charge in [-0.25, -0.2) is 0 Å². The maximum Gasteiger partial charge on any atom is 0.303 e. The van der Waals surface area contributed by atoms with Gasteiger partial charge < -0.3 is 19.7 Å². The highest BCUT2D eigenvalue weighted by molar-refractivity contribution is 5.95. The lowest BCUT2D eigenvalue weighted by molar-refractivity contribution is -0.150. The lowest BCUT2D eigenvalue weighted by Crippen LogP contribution is -2.36. The number of hydrogen-bond donors (Lipinski definition) is 1. The van der Waals surface area contributed by atoms with Gasteiger partial charge in [0.1, 0.15) is 0 Å². The Balaban J connectivity index is 1.92. The molecule has 0 aliphatic carbocycles. The largest absolute Gasteiger partial charge is 0.453 e. The fourth-order valence-corrected chi connectivity index (χ4v) is 2.12. The monoisotopic (exact) mass is 292 g/mol. The van der Waals surface area contributed by atoms with E-state index in [1.165, 1.54) is 6.92 Å². The van der Waals surface area contributed by atoms with Crippen LogP contribution in [-0.4, -0.2) is 44.3 Å². The van der Waals surface area contributed by atoms with E-state index in [9.17, 15) is 9.59 Å². The first kappa shape index (κ1) is 15.3. The Hall–Kier alpha value is -2.08. The molecule has 1 aliphatic heterocycles. The summed E-state index contributed by atoms with van der Waals surface area (Å²) in [5.41, 5.74) is 1.78. The molecular formula is C15H20N2O4. The maximum atomic E-state index is 11.8. The van der Waals surface area contributed by atoms with Crippen LogP contribution in [0, 0.1) is 0 Å². The zero-order valence-corrected chi connectivity index (χ0v) is 12.3. The van der Waals surface area contributed by atoms with Crippen molar-refractivity contribution < 1.29 is 19.1 Å². The van der Waals surface area contributed by atoms with Crippen molar-refractivity contribution in [1.29, 1.82) is 0 Å². The number of morpholine rings is 1. The van der Waals surface area contributed by atoms with Crippen molar-refractivity contribution in [2.24, 2.45) is 0 Å². The lowest BCUT2D eigenvalue weighted by Gasteiger charge is -2.28. The third-order valence-corrected chi connectivity index (χ3v) is 3.22. The second kappa shape index (κ2) is 7.08. The quantitative estimate of drug-likeness (QED) is 0.850. The van der Waals surface area contributed by atoms with Gasteiger partial charge in [0, 0.05) is 31.4 Å². The van der Waals surface area contributed by atoms with Gasteiger partial charge in [-0.05, 0) is 31.2 Å². The molecule has 0 unspecified atom stereocenters. The van der Waals surface area contributed by atoms with Gasteiger partial charge in [-0.3, -0.25) is 9.59 Å². The van der Waals surface area contributed by atoms with Crippen molar-refractivity contribution in [1.82, 2.24) is 0 Å². The van der Waals surface area contributed by atoms with Crippen LogP contribution in [0.4, 0.5) is 11.4 Å². The Morgan fingerprint density at radius 1 is 1.24 bits per heavy atom. The molecule has 1 saturated heterocycles. The van der Waals surface area contributed by atoms with Gasteiger partial charge in [0.2, 0.25) is 0 Å². The van der Waals surface area contributed by atoms with E-state index in [-0.39, 0.29) is 5.91 Å². The number of rotatable bonds is 4. The molecule has 0 saturated carbocycles. The van der Waals surface area contributed by atoms with Gasteiger partial charge in [0.25, 0.3) is 5.91 Å². The maximum absolute atomic E-state index is 11.8. The molecule has 0 aromatic heterocycles. The van der Waals surface area contributed by atoms with Crippen LogP contribution in [0.3, 0.4) is 0 Å². The van der Waals surface area contributed by atoms with Crippen LogP contribution in [0.5, 0.6) is 0 Å². The van der Waals surface area contributed by atoms with Crippen LogP contribution < -0.4 is 10.2 Å².